The van der Waals surface area contributed by atoms with Gasteiger partial charge in [0.2, 0.25) is 0 Å². The molecule has 0 fully saturated rings. The van der Waals surface area contributed by atoms with Crippen LogP contribution in [-0.4, -0.2) is 29.4 Å². The second-order valence-electron chi connectivity index (χ2n) is 5.53. The minimum atomic E-state index is 0.106. The number of rotatable bonds is 1. The van der Waals surface area contributed by atoms with E-state index in [4.69, 9.17) is 4.74 Å². The maximum absolute atomic E-state index is 12.6. The van der Waals surface area contributed by atoms with Gasteiger partial charge in [-0.2, -0.15) is 0 Å². The third-order valence-corrected chi connectivity index (χ3v) is 4.48. The molecule has 0 saturated carbocycles. The molecular weight excluding hydrogens is 264 g/mol. The summed E-state index contributed by atoms with van der Waals surface area (Å²) in [5.41, 5.74) is 4.17. The number of benzene rings is 1. The number of carbonyl (C=O) groups is 1. The summed E-state index contributed by atoms with van der Waals surface area (Å²) in [5, 5.41) is 0. The summed E-state index contributed by atoms with van der Waals surface area (Å²) >= 11 is 0. The lowest BCUT2D eigenvalue weighted by atomic mass is 9.85. The number of pyridine rings is 1. The fraction of sp³-hybridized carbons (Fsp3) is 0.294. The number of nitrogens with zero attached hydrogens (tertiary/aromatic N) is 2. The molecule has 1 amide bonds. The minimum Gasteiger partial charge on any atom is -0.497 e. The van der Waals surface area contributed by atoms with Crippen molar-refractivity contribution in [2.45, 2.75) is 18.9 Å². The molecule has 1 atom stereocenters. The van der Waals surface area contributed by atoms with Crippen LogP contribution in [0.4, 0.5) is 0 Å². The van der Waals surface area contributed by atoms with Gasteiger partial charge < -0.3 is 9.64 Å². The second kappa shape index (κ2) is 4.58. The molecule has 0 spiro atoms. The van der Waals surface area contributed by atoms with E-state index < -0.39 is 0 Å². The standard InChI is InChI=1S/C17H16N2O2/c1-21-12-4-5-13-11(9-12)6-8-19-16(13)10-15-14(17(19)20)3-2-7-18-15/h2-5,7,9,16H,6,8,10H2,1H3/t16-/m0/s1. The third-order valence-electron chi connectivity index (χ3n) is 4.48. The summed E-state index contributed by atoms with van der Waals surface area (Å²) in [6, 6.07) is 9.97. The van der Waals surface area contributed by atoms with Crippen molar-refractivity contribution in [3.05, 3.63) is 58.9 Å². The number of aromatic nitrogens is 1. The van der Waals surface area contributed by atoms with Crippen LogP contribution >= 0.6 is 0 Å². The molecule has 1 aromatic heterocycles. The predicted molar refractivity (Wildman–Crippen MR) is 78.4 cm³/mol. The van der Waals surface area contributed by atoms with Gasteiger partial charge in [0.25, 0.3) is 5.91 Å². The van der Waals surface area contributed by atoms with Crippen LogP contribution < -0.4 is 4.74 Å². The average Bonchev–Trinajstić information content (AvgIpc) is 2.54. The second-order valence-corrected chi connectivity index (χ2v) is 5.53. The molecule has 0 aliphatic carbocycles. The van der Waals surface area contributed by atoms with E-state index in [1.807, 2.05) is 23.1 Å². The molecule has 1 aromatic carbocycles. The van der Waals surface area contributed by atoms with Crippen molar-refractivity contribution in [1.29, 1.82) is 0 Å². The first-order chi connectivity index (χ1) is 10.3. The molecule has 0 saturated heterocycles. The molecule has 0 bridgehead atoms. The van der Waals surface area contributed by atoms with Crippen LogP contribution in [0.25, 0.3) is 0 Å². The Morgan fingerprint density at radius 3 is 3.10 bits per heavy atom. The van der Waals surface area contributed by atoms with Crippen LogP contribution in [0.3, 0.4) is 0 Å². The Morgan fingerprint density at radius 1 is 1.33 bits per heavy atom. The number of amides is 1. The van der Waals surface area contributed by atoms with Gasteiger partial charge in [-0.15, -0.1) is 0 Å². The molecule has 0 unspecified atom stereocenters. The number of carbonyl (C=O) groups excluding carboxylic acids is 1. The summed E-state index contributed by atoms with van der Waals surface area (Å²) in [4.78, 5) is 19.0. The zero-order valence-corrected chi connectivity index (χ0v) is 11.9. The van der Waals surface area contributed by atoms with Crippen molar-refractivity contribution in [3.8, 4) is 5.75 Å². The Hall–Kier alpha value is -2.36. The van der Waals surface area contributed by atoms with Gasteiger partial charge in [-0.1, -0.05) is 6.07 Å². The van der Waals surface area contributed by atoms with E-state index in [0.29, 0.717) is 0 Å². The lowest BCUT2D eigenvalue weighted by Crippen LogP contribution is -2.44. The topological polar surface area (TPSA) is 42.4 Å². The van der Waals surface area contributed by atoms with Gasteiger partial charge in [0.15, 0.2) is 0 Å². The van der Waals surface area contributed by atoms with E-state index in [1.54, 1.807) is 13.3 Å². The van der Waals surface area contributed by atoms with E-state index >= 15 is 0 Å². The summed E-state index contributed by atoms with van der Waals surface area (Å²) in [6.45, 7) is 0.762. The predicted octanol–water partition coefficient (Wildman–Crippen LogP) is 2.39. The van der Waals surface area contributed by atoms with Gasteiger partial charge in [-0.25, -0.2) is 0 Å². The van der Waals surface area contributed by atoms with Crippen LogP contribution in [0, 0.1) is 0 Å². The number of fused-ring (bicyclic) bond motifs is 4. The van der Waals surface area contributed by atoms with Crippen molar-refractivity contribution >= 4 is 5.91 Å². The molecule has 0 N–H and O–H groups in total. The maximum atomic E-state index is 12.6. The first kappa shape index (κ1) is 12.4. The van der Waals surface area contributed by atoms with E-state index in [-0.39, 0.29) is 11.9 Å². The van der Waals surface area contributed by atoms with Crippen LogP contribution in [0.2, 0.25) is 0 Å². The maximum Gasteiger partial charge on any atom is 0.256 e. The molecule has 4 heteroatoms. The van der Waals surface area contributed by atoms with Gasteiger partial charge in [-0.3, -0.25) is 9.78 Å². The molecule has 4 nitrogen and oxygen atoms in total. The van der Waals surface area contributed by atoms with E-state index in [1.165, 1.54) is 11.1 Å². The lowest BCUT2D eigenvalue weighted by Gasteiger charge is -2.40. The fourth-order valence-corrected chi connectivity index (χ4v) is 3.41. The molecule has 0 radical (unpaired) electrons. The van der Waals surface area contributed by atoms with Crippen molar-refractivity contribution in [2.24, 2.45) is 0 Å². The van der Waals surface area contributed by atoms with Gasteiger partial charge in [0.1, 0.15) is 5.75 Å². The molecule has 2 aliphatic rings. The third kappa shape index (κ3) is 1.82. The highest BCUT2D eigenvalue weighted by molar-refractivity contribution is 5.96. The van der Waals surface area contributed by atoms with Gasteiger partial charge in [0.05, 0.1) is 24.4 Å². The smallest absolute Gasteiger partial charge is 0.256 e. The Balaban J connectivity index is 1.80. The van der Waals surface area contributed by atoms with Crippen LogP contribution in [0.15, 0.2) is 36.5 Å². The van der Waals surface area contributed by atoms with Gasteiger partial charge in [0, 0.05) is 19.2 Å². The Morgan fingerprint density at radius 2 is 2.24 bits per heavy atom. The van der Waals surface area contributed by atoms with Crippen molar-refractivity contribution in [1.82, 2.24) is 9.88 Å². The highest BCUT2D eigenvalue weighted by Crippen LogP contribution is 2.38. The monoisotopic (exact) mass is 280 g/mol. The fourth-order valence-electron chi connectivity index (χ4n) is 3.41. The van der Waals surface area contributed by atoms with Gasteiger partial charge >= 0.3 is 0 Å². The SMILES string of the molecule is COc1ccc2c(c1)CCN1C(=O)c3cccnc3C[C@@H]21. The number of hydrogen-bond donors (Lipinski definition) is 0. The quantitative estimate of drug-likeness (QED) is 0.805. The van der Waals surface area contributed by atoms with Gasteiger partial charge in [-0.05, 0) is 41.8 Å². The largest absolute Gasteiger partial charge is 0.497 e. The van der Waals surface area contributed by atoms with E-state index in [0.717, 1.165) is 36.4 Å². The molecule has 106 valence electrons. The zero-order valence-electron chi connectivity index (χ0n) is 11.9. The number of hydrogen-bond acceptors (Lipinski definition) is 3. The first-order valence-corrected chi connectivity index (χ1v) is 7.19. The van der Waals surface area contributed by atoms with Crippen molar-refractivity contribution < 1.29 is 9.53 Å². The Kier molecular flexibility index (Phi) is 2.70. The first-order valence-electron chi connectivity index (χ1n) is 7.19. The highest BCUT2D eigenvalue weighted by atomic mass is 16.5. The summed E-state index contributed by atoms with van der Waals surface area (Å²) in [7, 11) is 1.68. The van der Waals surface area contributed by atoms with E-state index in [9.17, 15) is 4.79 Å². The van der Waals surface area contributed by atoms with Crippen LogP contribution in [0.5, 0.6) is 5.75 Å². The molecule has 2 aliphatic heterocycles. The Bertz CT molecular complexity index is 726. The number of ether oxygens (including phenoxy) is 1. The molecule has 21 heavy (non-hydrogen) atoms. The summed E-state index contributed by atoms with van der Waals surface area (Å²) in [6.07, 6.45) is 3.44. The van der Waals surface area contributed by atoms with Crippen molar-refractivity contribution in [2.75, 3.05) is 13.7 Å². The summed E-state index contributed by atoms with van der Waals surface area (Å²) < 4.78 is 5.30. The lowest BCUT2D eigenvalue weighted by molar-refractivity contribution is 0.0628. The van der Waals surface area contributed by atoms with Crippen molar-refractivity contribution in [3.63, 3.8) is 0 Å². The highest BCUT2D eigenvalue weighted by Gasteiger charge is 2.37. The number of methoxy groups -OCH3 is 1. The minimum absolute atomic E-state index is 0.106. The van der Waals surface area contributed by atoms with Crippen LogP contribution in [-0.2, 0) is 12.8 Å². The molecular formula is C17H16N2O2. The Labute approximate surface area is 123 Å². The molecule has 4 rings (SSSR count). The van der Waals surface area contributed by atoms with E-state index in [2.05, 4.69) is 17.1 Å². The normalized spacial score (nSPS) is 19.6. The zero-order chi connectivity index (χ0) is 14.4. The molecule has 3 heterocycles. The summed E-state index contributed by atoms with van der Waals surface area (Å²) in [5.74, 6) is 0.985. The molecule has 2 aromatic rings. The van der Waals surface area contributed by atoms with Crippen LogP contribution in [0.1, 0.15) is 33.2 Å². The average molecular weight is 280 g/mol.